The summed E-state index contributed by atoms with van der Waals surface area (Å²) in [5.74, 6) is -3.12. The molecule has 1 N–H and O–H groups in total. The van der Waals surface area contributed by atoms with Crippen LogP contribution in [0.15, 0.2) is 91.0 Å². The number of benzene rings is 3. The maximum atomic E-state index is 13.0. The van der Waals surface area contributed by atoms with E-state index in [2.05, 4.69) is 0 Å². The van der Waals surface area contributed by atoms with Crippen molar-refractivity contribution in [1.82, 2.24) is 0 Å². The van der Waals surface area contributed by atoms with E-state index in [1.807, 2.05) is 0 Å². The standard InChI is InChI=1S/C29H26O10/c1-18(30)36-25-24(39-28(33)21-15-9-4-10-16-21)23(38-27(32)20-13-7-3-8-14-20)22(37-29(25)34)17-35-26(31)19-11-5-2-6-12-19/h2-16,22-25,29,34H,17H2,1H3/t22-,23+,24+,25-,29?/m1/s1. The Hall–Kier alpha value is -4.54. The Morgan fingerprint density at radius 2 is 1.08 bits per heavy atom. The highest BCUT2D eigenvalue weighted by Crippen LogP contribution is 2.29. The normalized spacial score (nSPS) is 22.3. The lowest BCUT2D eigenvalue weighted by molar-refractivity contribution is -0.288. The predicted octanol–water partition coefficient (Wildman–Crippen LogP) is 2.94. The Balaban J connectivity index is 1.64. The van der Waals surface area contributed by atoms with Gasteiger partial charge in [0, 0.05) is 6.92 Å². The van der Waals surface area contributed by atoms with Crippen LogP contribution in [0.5, 0.6) is 0 Å². The van der Waals surface area contributed by atoms with E-state index in [9.17, 15) is 24.3 Å². The summed E-state index contributed by atoms with van der Waals surface area (Å²) >= 11 is 0. The molecule has 1 aliphatic heterocycles. The van der Waals surface area contributed by atoms with Crippen LogP contribution in [0, 0.1) is 0 Å². The van der Waals surface area contributed by atoms with E-state index in [4.69, 9.17) is 23.7 Å². The maximum Gasteiger partial charge on any atom is 0.338 e. The topological polar surface area (TPSA) is 135 Å². The SMILES string of the molecule is CC(=O)O[C@H]1C(O)O[C@H](COC(=O)c2ccccc2)[C@H](OC(=O)c2ccccc2)[C@@H]1OC(=O)c1ccccc1. The quantitative estimate of drug-likeness (QED) is 0.339. The smallest absolute Gasteiger partial charge is 0.338 e. The van der Waals surface area contributed by atoms with Gasteiger partial charge in [-0.05, 0) is 36.4 Å². The Bertz CT molecular complexity index is 1280. The average Bonchev–Trinajstić information content (AvgIpc) is 2.96. The molecular weight excluding hydrogens is 508 g/mol. The molecule has 3 aromatic carbocycles. The van der Waals surface area contributed by atoms with Gasteiger partial charge >= 0.3 is 23.9 Å². The monoisotopic (exact) mass is 534 g/mol. The molecule has 0 amide bonds. The molecule has 0 saturated carbocycles. The first kappa shape index (κ1) is 27.5. The van der Waals surface area contributed by atoms with Crippen LogP contribution in [0.25, 0.3) is 0 Å². The molecule has 10 nitrogen and oxygen atoms in total. The van der Waals surface area contributed by atoms with Crippen molar-refractivity contribution in [3.63, 3.8) is 0 Å². The molecule has 1 aliphatic rings. The van der Waals surface area contributed by atoms with Crippen LogP contribution in [0.1, 0.15) is 38.0 Å². The summed E-state index contributed by atoms with van der Waals surface area (Å²) in [6, 6.07) is 24.1. The fraction of sp³-hybridized carbons (Fsp3) is 0.241. The lowest BCUT2D eigenvalue weighted by Crippen LogP contribution is -2.62. The zero-order chi connectivity index (χ0) is 27.8. The van der Waals surface area contributed by atoms with Crippen molar-refractivity contribution in [3.05, 3.63) is 108 Å². The van der Waals surface area contributed by atoms with Crippen molar-refractivity contribution < 1.29 is 48.0 Å². The Labute approximate surface area is 224 Å². The highest BCUT2D eigenvalue weighted by molar-refractivity contribution is 5.91. The van der Waals surface area contributed by atoms with E-state index in [-0.39, 0.29) is 16.7 Å². The summed E-state index contributed by atoms with van der Waals surface area (Å²) < 4.78 is 27.5. The van der Waals surface area contributed by atoms with Crippen molar-refractivity contribution in [1.29, 1.82) is 0 Å². The molecule has 1 unspecified atom stereocenters. The molecule has 0 aliphatic carbocycles. The number of esters is 4. The second kappa shape index (κ2) is 12.8. The first-order chi connectivity index (χ1) is 18.8. The summed E-state index contributed by atoms with van der Waals surface area (Å²) in [4.78, 5) is 50.5. The number of aliphatic hydroxyl groups excluding tert-OH is 1. The van der Waals surface area contributed by atoms with Gasteiger partial charge < -0.3 is 28.8 Å². The molecule has 0 aromatic heterocycles. The average molecular weight is 535 g/mol. The molecule has 4 rings (SSSR count). The Kier molecular flexibility index (Phi) is 9.03. The third-order valence-corrected chi connectivity index (χ3v) is 5.80. The van der Waals surface area contributed by atoms with Crippen LogP contribution >= 0.6 is 0 Å². The second-order valence-corrected chi connectivity index (χ2v) is 8.58. The van der Waals surface area contributed by atoms with Gasteiger partial charge in [0.25, 0.3) is 0 Å². The van der Waals surface area contributed by atoms with Crippen LogP contribution in [-0.2, 0) is 28.5 Å². The lowest BCUT2D eigenvalue weighted by Gasteiger charge is -2.42. The molecule has 5 atom stereocenters. The van der Waals surface area contributed by atoms with Crippen molar-refractivity contribution in [2.24, 2.45) is 0 Å². The Morgan fingerprint density at radius 1 is 0.641 bits per heavy atom. The van der Waals surface area contributed by atoms with Gasteiger partial charge in [-0.3, -0.25) is 4.79 Å². The van der Waals surface area contributed by atoms with Gasteiger partial charge in [0.2, 0.25) is 0 Å². The first-order valence-corrected chi connectivity index (χ1v) is 12.1. The highest BCUT2D eigenvalue weighted by atomic mass is 16.7. The third-order valence-electron chi connectivity index (χ3n) is 5.80. The van der Waals surface area contributed by atoms with Crippen molar-refractivity contribution in [2.45, 2.75) is 37.6 Å². The summed E-state index contributed by atoms with van der Waals surface area (Å²) in [6.07, 6.45) is -7.60. The van der Waals surface area contributed by atoms with Crippen LogP contribution < -0.4 is 0 Å². The molecule has 3 aromatic rings. The van der Waals surface area contributed by atoms with Gasteiger partial charge in [-0.1, -0.05) is 54.6 Å². The fourth-order valence-corrected chi connectivity index (χ4v) is 3.97. The van der Waals surface area contributed by atoms with E-state index in [0.29, 0.717) is 0 Å². The zero-order valence-corrected chi connectivity index (χ0v) is 20.9. The molecule has 0 bridgehead atoms. The van der Waals surface area contributed by atoms with Crippen LogP contribution in [0.4, 0.5) is 0 Å². The predicted molar refractivity (Wildman–Crippen MR) is 134 cm³/mol. The summed E-state index contributed by atoms with van der Waals surface area (Å²) in [6.45, 7) is 0.616. The molecule has 202 valence electrons. The number of carbonyl (C=O) groups excluding carboxylic acids is 4. The van der Waals surface area contributed by atoms with E-state index >= 15 is 0 Å². The minimum absolute atomic E-state index is 0.167. The van der Waals surface area contributed by atoms with Gasteiger partial charge in [-0.25, -0.2) is 14.4 Å². The number of rotatable bonds is 8. The first-order valence-electron chi connectivity index (χ1n) is 12.1. The molecule has 39 heavy (non-hydrogen) atoms. The summed E-state index contributed by atoms with van der Waals surface area (Å²) in [5.41, 5.74) is 0.609. The minimum atomic E-state index is -1.80. The summed E-state index contributed by atoms with van der Waals surface area (Å²) in [7, 11) is 0. The lowest BCUT2D eigenvalue weighted by atomic mass is 9.98. The van der Waals surface area contributed by atoms with Gasteiger partial charge in [0.15, 0.2) is 24.6 Å². The molecule has 0 spiro atoms. The van der Waals surface area contributed by atoms with Crippen molar-refractivity contribution in [3.8, 4) is 0 Å². The molecular formula is C29H26O10. The van der Waals surface area contributed by atoms with E-state index < -0.39 is 61.2 Å². The van der Waals surface area contributed by atoms with Gasteiger partial charge in [-0.15, -0.1) is 0 Å². The third kappa shape index (κ3) is 7.07. The van der Waals surface area contributed by atoms with Crippen LogP contribution in [0.2, 0.25) is 0 Å². The van der Waals surface area contributed by atoms with Crippen LogP contribution in [-0.4, -0.2) is 66.3 Å². The fourth-order valence-electron chi connectivity index (χ4n) is 3.97. The van der Waals surface area contributed by atoms with E-state index in [1.165, 1.54) is 24.3 Å². The van der Waals surface area contributed by atoms with E-state index in [0.717, 1.165) is 6.92 Å². The van der Waals surface area contributed by atoms with Gasteiger partial charge in [0.05, 0.1) is 16.7 Å². The zero-order valence-electron chi connectivity index (χ0n) is 20.9. The van der Waals surface area contributed by atoms with Crippen molar-refractivity contribution >= 4 is 23.9 Å². The maximum absolute atomic E-state index is 13.0. The molecule has 1 heterocycles. The molecule has 10 heteroatoms. The second-order valence-electron chi connectivity index (χ2n) is 8.58. The molecule has 1 fully saturated rings. The van der Waals surface area contributed by atoms with Gasteiger partial charge in [0.1, 0.15) is 12.7 Å². The largest absolute Gasteiger partial charge is 0.459 e. The summed E-state index contributed by atoms with van der Waals surface area (Å²) in [5, 5.41) is 10.7. The number of aliphatic hydroxyl groups is 1. The van der Waals surface area contributed by atoms with Gasteiger partial charge in [-0.2, -0.15) is 0 Å². The molecule has 0 radical (unpaired) electrons. The van der Waals surface area contributed by atoms with Crippen molar-refractivity contribution in [2.75, 3.05) is 6.61 Å². The number of hydrogen-bond donors (Lipinski definition) is 1. The number of carbonyl (C=O) groups is 4. The number of hydrogen-bond acceptors (Lipinski definition) is 10. The number of ether oxygens (including phenoxy) is 5. The highest BCUT2D eigenvalue weighted by Gasteiger charge is 2.52. The minimum Gasteiger partial charge on any atom is -0.459 e. The van der Waals surface area contributed by atoms with E-state index in [1.54, 1.807) is 66.7 Å². The Morgan fingerprint density at radius 3 is 1.54 bits per heavy atom. The molecule has 1 saturated heterocycles. The van der Waals surface area contributed by atoms with Crippen LogP contribution in [0.3, 0.4) is 0 Å².